The smallest absolute Gasteiger partial charge is 0.357 e. The van der Waals surface area contributed by atoms with E-state index in [1.807, 2.05) is 22.9 Å². The van der Waals surface area contributed by atoms with Crippen LogP contribution in [0, 0.1) is 0 Å². The molecule has 1 aromatic heterocycles. The van der Waals surface area contributed by atoms with Crippen molar-refractivity contribution in [3.63, 3.8) is 0 Å². The second kappa shape index (κ2) is 12.3. The van der Waals surface area contributed by atoms with Crippen LogP contribution in [-0.2, 0) is 14.8 Å². The molecule has 198 valence electrons. The molecule has 0 bridgehead atoms. The summed E-state index contributed by atoms with van der Waals surface area (Å²) in [6.45, 7) is 0.529. The number of nitrogens with one attached hydrogen (secondary N) is 2. The van der Waals surface area contributed by atoms with E-state index in [9.17, 15) is 22.8 Å². The van der Waals surface area contributed by atoms with Crippen LogP contribution in [0.25, 0.3) is 0 Å². The molecule has 0 spiro atoms. The normalized spacial score (nSPS) is 13.5. The van der Waals surface area contributed by atoms with Crippen LogP contribution >= 0.6 is 0 Å². The average Bonchev–Trinajstić information content (AvgIpc) is 3.44. The van der Waals surface area contributed by atoms with Gasteiger partial charge in [0.25, 0.3) is 21.8 Å². The first-order valence-electron chi connectivity index (χ1n) is 12.1. The number of esters is 1. The fourth-order valence-corrected chi connectivity index (χ4v) is 4.82. The molecule has 1 saturated carbocycles. The van der Waals surface area contributed by atoms with E-state index in [1.54, 1.807) is 12.1 Å². The Morgan fingerprint density at radius 1 is 0.868 bits per heavy atom. The minimum absolute atomic E-state index is 0.0387. The third kappa shape index (κ3) is 7.16. The van der Waals surface area contributed by atoms with Crippen molar-refractivity contribution in [2.24, 2.45) is 0 Å². The molecule has 11 heteroatoms. The number of amides is 2. The Bertz CT molecular complexity index is 1370. The van der Waals surface area contributed by atoms with E-state index in [0.29, 0.717) is 5.75 Å². The molecule has 0 saturated heterocycles. The van der Waals surface area contributed by atoms with Crippen molar-refractivity contribution in [3.8, 4) is 5.75 Å². The lowest BCUT2D eigenvalue weighted by atomic mass is 10.2. The molecule has 2 aromatic carbocycles. The Morgan fingerprint density at radius 2 is 1.55 bits per heavy atom. The number of nitrogens with zero attached hydrogens (tertiary/aromatic N) is 1. The molecule has 1 fully saturated rings. The number of aromatic nitrogens is 1. The molecule has 1 heterocycles. The Kier molecular flexibility index (Phi) is 8.70. The van der Waals surface area contributed by atoms with Crippen molar-refractivity contribution in [1.29, 1.82) is 0 Å². The Hall–Kier alpha value is -4.25. The van der Waals surface area contributed by atoms with Crippen molar-refractivity contribution in [1.82, 2.24) is 15.0 Å². The minimum Gasteiger partial charge on any atom is -0.492 e. The molecular weight excluding hydrogens is 510 g/mol. The molecule has 0 atom stereocenters. The molecule has 1 aliphatic carbocycles. The molecular formula is C27H27N3O7S. The van der Waals surface area contributed by atoms with Gasteiger partial charge >= 0.3 is 5.97 Å². The van der Waals surface area contributed by atoms with Crippen molar-refractivity contribution in [3.05, 3.63) is 89.7 Å². The Labute approximate surface area is 220 Å². The van der Waals surface area contributed by atoms with E-state index in [0.717, 1.165) is 31.9 Å². The van der Waals surface area contributed by atoms with Gasteiger partial charge in [-0.25, -0.2) is 22.9 Å². The van der Waals surface area contributed by atoms with Crippen molar-refractivity contribution in [2.75, 3.05) is 13.2 Å². The number of carbonyl (C=O) groups is 3. The summed E-state index contributed by atoms with van der Waals surface area (Å²) in [6, 6.07) is 16.9. The quantitative estimate of drug-likeness (QED) is 0.297. The zero-order valence-electron chi connectivity index (χ0n) is 20.5. The predicted octanol–water partition coefficient (Wildman–Crippen LogP) is 3.11. The number of para-hydroxylation sites is 1. The molecule has 2 amide bonds. The van der Waals surface area contributed by atoms with Crippen molar-refractivity contribution >= 4 is 27.8 Å². The maximum Gasteiger partial charge on any atom is 0.357 e. The number of hydrogen-bond donors (Lipinski definition) is 2. The van der Waals surface area contributed by atoms with E-state index < -0.39 is 27.8 Å². The summed E-state index contributed by atoms with van der Waals surface area (Å²) in [6.07, 6.45) is 4.66. The number of hydrogen-bond acceptors (Lipinski definition) is 8. The lowest BCUT2D eigenvalue weighted by Crippen LogP contribution is -2.31. The average molecular weight is 538 g/mol. The van der Waals surface area contributed by atoms with Gasteiger partial charge in [-0.3, -0.25) is 9.59 Å². The molecule has 0 unspecified atom stereocenters. The molecule has 1 aliphatic rings. The van der Waals surface area contributed by atoms with Crippen molar-refractivity contribution < 1.29 is 32.3 Å². The Balaban J connectivity index is 1.28. The van der Waals surface area contributed by atoms with Crippen LogP contribution in [0.3, 0.4) is 0 Å². The second-order valence-electron chi connectivity index (χ2n) is 8.62. The SMILES string of the molecule is O=C(NCCOc1ccccc1)c1ccc(S(=O)(=O)NC(=O)c2ccc(C(=O)OC3CCCC3)nc2)cc1. The number of benzene rings is 2. The van der Waals surface area contributed by atoms with Crippen LogP contribution < -0.4 is 14.8 Å². The summed E-state index contributed by atoms with van der Waals surface area (Å²) >= 11 is 0. The first-order valence-corrected chi connectivity index (χ1v) is 13.6. The van der Waals surface area contributed by atoms with Crippen LogP contribution in [-0.4, -0.2) is 50.4 Å². The highest BCUT2D eigenvalue weighted by atomic mass is 32.2. The van der Waals surface area contributed by atoms with E-state index in [-0.39, 0.29) is 41.0 Å². The van der Waals surface area contributed by atoms with Gasteiger partial charge in [0.15, 0.2) is 0 Å². The molecule has 0 aliphatic heterocycles. The second-order valence-corrected chi connectivity index (χ2v) is 10.3. The van der Waals surface area contributed by atoms with Crippen LogP contribution in [0.5, 0.6) is 5.75 Å². The lowest BCUT2D eigenvalue weighted by Gasteiger charge is -2.11. The zero-order chi connectivity index (χ0) is 27.0. The van der Waals surface area contributed by atoms with E-state index in [4.69, 9.17) is 9.47 Å². The molecule has 2 N–H and O–H groups in total. The van der Waals surface area contributed by atoms with E-state index >= 15 is 0 Å². The summed E-state index contributed by atoms with van der Waals surface area (Å²) in [5, 5.41) is 2.69. The van der Waals surface area contributed by atoms with Gasteiger partial charge in [-0.2, -0.15) is 0 Å². The molecule has 4 rings (SSSR count). The summed E-state index contributed by atoms with van der Waals surface area (Å²) in [5.74, 6) is -1.20. The van der Waals surface area contributed by atoms with Crippen LogP contribution in [0.4, 0.5) is 0 Å². The van der Waals surface area contributed by atoms with Crippen LogP contribution in [0.1, 0.15) is 56.9 Å². The molecule has 10 nitrogen and oxygen atoms in total. The highest BCUT2D eigenvalue weighted by Gasteiger charge is 2.22. The molecule has 0 radical (unpaired) electrons. The third-order valence-corrected chi connectivity index (χ3v) is 7.21. The van der Waals surface area contributed by atoms with Crippen LogP contribution in [0.15, 0.2) is 77.8 Å². The van der Waals surface area contributed by atoms with Gasteiger partial charge in [0, 0.05) is 11.8 Å². The number of pyridine rings is 1. The van der Waals surface area contributed by atoms with Crippen molar-refractivity contribution in [2.45, 2.75) is 36.7 Å². The van der Waals surface area contributed by atoms with Gasteiger partial charge < -0.3 is 14.8 Å². The van der Waals surface area contributed by atoms with Gasteiger partial charge in [0.2, 0.25) is 0 Å². The monoisotopic (exact) mass is 537 g/mol. The summed E-state index contributed by atoms with van der Waals surface area (Å²) in [5.41, 5.74) is 0.246. The number of rotatable bonds is 10. The molecule has 38 heavy (non-hydrogen) atoms. The summed E-state index contributed by atoms with van der Waals surface area (Å²) in [7, 11) is -4.21. The van der Waals surface area contributed by atoms with Gasteiger partial charge in [-0.1, -0.05) is 18.2 Å². The predicted molar refractivity (Wildman–Crippen MR) is 137 cm³/mol. The maximum atomic E-state index is 12.7. The van der Waals surface area contributed by atoms with E-state index in [1.165, 1.54) is 36.4 Å². The summed E-state index contributed by atoms with van der Waals surface area (Å²) < 4.78 is 38.2. The van der Waals surface area contributed by atoms with Crippen LogP contribution in [0.2, 0.25) is 0 Å². The first kappa shape index (κ1) is 26.8. The zero-order valence-corrected chi connectivity index (χ0v) is 21.3. The molecule has 3 aromatic rings. The van der Waals surface area contributed by atoms with Gasteiger partial charge in [-0.15, -0.1) is 0 Å². The first-order chi connectivity index (χ1) is 18.3. The summed E-state index contributed by atoms with van der Waals surface area (Å²) in [4.78, 5) is 40.8. The van der Waals surface area contributed by atoms with E-state index in [2.05, 4.69) is 10.3 Å². The fourth-order valence-electron chi connectivity index (χ4n) is 3.84. The number of ether oxygens (including phenoxy) is 2. The minimum atomic E-state index is -4.21. The Morgan fingerprint density at radius 3 is 2.21 bits per heavy atom. The van der Waals surface area contributed by atoms with Gasteiger partial charge in [0.1, 0.15) is 24.2 Å². The topological polar surface area (TPSA) is 141 Å². The van der Waals surface area contributed by atoms with Gasteiger partial charge in [-0.05, 0) is 74.2 Å². The fraction of sp³-hybridized carbons (Fsp3) is 0.259. The van der Waals surface area contributed by atoms with Gasteiger partial charge in [0.05, 0.1) is 17.0 Å². The highest BCUT2D eigenvalue weighted by molar-refractivity contribution is 7.90. The number of carbonyl (C=O) groups excluding carboxylic acids is 3. The highest BCUT2D eigenvalue weighted by Crippen LogP contribution is 2.22. The maximum absolute atomic E-state index is 12.7. The lowest BCUT2D eigenvalue weighted by molar-refractivity contribution is 0.0310. The standard InChI is InChI=1S/C27H27N3O7S/c31-25(28-16-17-36-21-6-2-1-3-7-21)19-10-13-23(14-11-19)38(34,35)30-26(32)20-12-15-24(29-18-20)27(33)37-22-8-4-5-9-22/h1-3,6-7,10-15,18,22H,4-5,8-9,16-17H2,(H,28,31)(H,30,32). The largest absolute Gasteiger partial charge is 0.492 e. The number of sulfonamides is 1. The third-order valence-electron chi connectivity index (χ3n) is 5.86.